The standard InChI is InChI=1S/C21H20N2O2/c1-15-14-17(12-13-19(15)24-18-10-6-3-7-11-18)23-21-20(25-21)22-16-8-4-2-5-9-16/h2-14,20-23H,1H3. The molecule has 3 aromatic carbocycles. The van der Waals surface area contributed by atoms with Crippen molar-refractivity contribution in [1.82, 2.24) is 0 Å². The summed E-state index contributed by atoms with van der Waals surface area (Å²) in [5, 5.41) is 6.71. The van der Waals surface area contributed by atoms with Crippen LogP contribution in [0, 0.1) is 6.92 Å². The maximum atomic E-state index is 5.91. The molecule has 2 N–H and O–H groups in total. The third-order valence-corrected chi connectivity index (χ3v) is 4.03. The van der Waals surface area contributed by atoms with E-state index in [-0.39, 0.29) is 12.5 Å². The Morgan fingerprint density at radius 3 is 2.08 bits per heavy atom. The van der Waals surface area contributed by atoms with Gasteiger partial charge < -0.3 is 20.1 Å². The smallest absolute Gasteiger partial charge is 0.175 e. The topological polar surface area (TPSA) is 45.8 Å². The third-order valence-electron chi connectivity index (χ3n) is 4.03. The number of anilines is 2. The predicted molar refractivity (Wildman–Crippen MR) is 100 cm³/mol. The van der Waals surface area contributed by atoms with Gasteiger partial charge in [0, 0.05) is 11.4 Å². The van der Waals surface area contributed by atoms with Gasteiger partial charge in [0.15, 0.2) is 12.5 Å². The Labute approximate surface area is 147 Å². The number of hydrogen-bond donors (Lipinski definition) is 2. The normalized spacial score (nSPS) is 18.4. The summed E-state index contributed by atoms with van der Waals surface area (Å²) in [7, 11) is 0. The van der Waals surface area contributed by atoms with Crippen LogP contribution in [0.5, 0.6) is 11.5 Å². The van der Waals surface area contributed by atoms with Crippen molar-refractivity contribution in [1.29, 1.82) is 0 Å². The molecule has 0 bridgehead atoms. The summed E-state index contributed by atoms with van der Waals surface area (Å²) in [5.74, 6) is 1.69. The molecule has 4 rings (SSSR count). The minimum Gasteiger partial charge on any atom is -0.457 e. The van der Waals surface area contributed by atoms with Crippen LogP contribution in [0.25, 0.3) is 0 Å². The molecule has 25 heavy (non-hydrogen) atoms. The van der Waals surface area contributed by atoms with Crippen molar-refractivity contribution in [2.45, 2.75) is 19.4 Å². The molecular formula is C21H20N2O2. The molecule has 1 aliphatic heterocycles. The first kappa shape index (κ1) is 15.5. The number of aryl methyl sites for hydroxylation is 1. The molecule has 0 spiro atoms. The Hall–Kier alpha value is -2.98. The first-order valence-electron chi connectivity index (χ1n) is 8.35. The van der Waals surface area contributed by atoms with Gasteiger partial charge in [-0.05, 0) is 55.0 Å². The van der Waals surface area contributed by atoms with Crippen LogP contribution in [0.15, 0.2) is 78.9 Å². The van der Waals surface area contributed by atoms with Crippen LogP contribution in [0.1, 0.15) is 5.56 Å². The van der Waals surface area contributed by atoms with Crippen molar-refractivity contribution in [2.75, 3.05) is 10.6 Å². The summed E-state index contributed by atoms with van der Waals surface area (Å²) in [6.45, 7) is 2.04. The van der Waals surface area contributed by atoms with Crippen LogP contribution in [-0.2, 0) is 4.74 Å². The summed E-state index contributed by atoms with van der Waals surface area (Å²) in [4.78, 5) is 0. The maximum Gasteiger partial charge on any atom is 0.175 e. The van der Waals surface area contributed by atoms with Crippen LogP contribution >= 0.6 is 0 Å². The van der Waals surface area contributed by atoms with Crippen LogP contribution in [-0.4, -0.2) is 12.5 Å². The van der Waals surface area contributed by atoms with Gasteiger partial charge in [0.2, 0.25) is 0 Å². The van der Waals surface area contributed by atoms with Gasteiger partial charge in [-0.15, -0.1) is 0 Å². The zero-order chi connectivity index (χ0) is 17.1. The molecule has 1 saturated heterocycles. The van der Waals surface area contributed by atoms with Crippen LogP contribution in [0.2, 0.25) is 0 Å². The van der Waals surface area contributed by atoms with Gasteiger partial charge in [-0.2, -0.15) is 0 Å². The molecule has 4 nitrogen and oxygen atoms in total. The van der Waals surface area contributed by atoms with Crippen molar-refractivity contribution in [3.63, 3.8) is 0 Å². The van der Waals surface area contributed by atoms with Gasteiger partial charge in [-0.3, -0.25) is 0 Å². The Kier molecular flexibility index (Phi) is 4.27. The fourth-order valence-corrected chi connectivity index (χ4v) is 2.66. The van der Waals surface area contributed by atoms with Crippen LogP contribution < -0.4 is 15.4 Å². The molecule has 0 saturated carbocycles. The van der Waals surface area contributed by atoms with Gasteiger partial charge in [0.05, 0.1) is 0 Å². The fourth-order valence-electron chi connectivity index (χ4n) is 2.66. The van der Waals surface area contributed by atoms with E-state index >= 15 is 0 Å². The number of rotatable bonds is 6. The molecule has 2 atom stereocenters. The quantitative estimate of drug-likeness (QED) is 0.624. The SMILES string of the molecule is Cc1cc(NC2OC2Nc2ccccc2)ccc1Oc1ccccc1. The van der Waals surface area contributed by atoms with Gasteiger partial charge in [0.25, 0.3) is 0 Å². The summed E-state index contributed by atoms with van der Waals surface area (Å²) in [6, 6.07) is 25.9. The van der Waals surface area contributed by atoms with E-state index in [9.17, 15) is 0 Å². The van der Waals surface area contributed by atoms with Gasteiger partial charge in [-0.1, -0.05) is 36.4 Å². The van der Waals surface area contributed by atoms with Crippen LogP contribution in [0.3, 0.4) is 0 Å². The predicted octanol–water partition coefficient (Wildman–Crippen LogP) is 4.99. The highest BCUT2D eigenvalue weighted by molar-refractivity contribution is 5.53. The van der Waals surface area contributed by atoms with Crippen molar-refractivity contribution in [3.8, 4) is 11.5 Å². The molecule has 126 valence electrons. The second kappa shape index (κ2) is 6.87. The third kappa shape index (κ3) is 3.92. The van der Waals surface area contributed by atoms with Crippen LogP contribution in [0.4, 0.5) is 11.4 Å². The molecule has 4 heteroatoms. The van der Waals surface area contributed by atoms with E-state index < -0.39 is 0 Å². The van der Waals surface area contributed by atoms with Gasteiger partial charge in [-0.25, -0.2) is 0 Å². The summed E-state index contributed by atoms with van der Waals surface area (Å²) >= 11 is 0. The number of epoxide rings is 1. The molecule has 0 radical (unpaired) electrons. The van der Waals surface area contributed by atoms with E-state index in [1.165, 1.54) is 0 Å². The number of hydrogen-bond acceptors (Lipinski definition) is 4. The second-order valence-corrected chi connectivity index (χ2v) is 6.03. The number of para-hydroxylation sites is 2. The van der Waals surface area contributed by atoms with E-state index in [0.717, 1.165) is 28.4 Å². The molecule has 3 aromatic rings. The Morgan fingerprint density at radius 2 is 1.40 bits per heavy atom. The summed E-state index contributed by atoms with van der Waals surface area (Å²) in [5.41, 5.74) is 3.14. The average Bonchev–Trinajstić information content (AvgIpc) is 3.36. The van der Waals surface area contributed by atoms with Crippen molar-refractivity contribution < 1.29 is 9.47 Å². The highest BCUT2D eigenvalue weighted by Crippen LogP contribution is 2.30. The minimum absolute atomic E-state index is 0.0112. The molecule has 1 heterocycles. The first-order valence-corrected chi connectivity index (χ1v) is 8.35. The Morgan fingerprint density at radius 1 is 0.760 bits per heavy atom. The number of nitrogens with one attached hydrogen (secondary N) is 2. The molecule has 0 amide bonds. The van der Waals surface area contributed by atoms with Crippen molar-refractivity contribution in [3.05, 3.63) is 84.4 Å². The maximum absolute atomic E-state index is 5.91. The molecular weight excluding hydrogens is 312 g/mol. The number of ether oxygens (including phenoxy) is 2. The summed E-state index contributed by atoms with van der Waals surface area (Å²) in [6.07, 6.45) is -0.0385. The largest absolute Gasteiger partial charge is 0.457 e. The lowest BCUT2D eigenvalue weighted by Crippen LogP contribution is -2.13. The molecule has 0 aliphatic carbocycles. The zero-order valence-electron chi connectivity index (χ0n) is 14.0. The van der Waals surface area contributed by atoms with E-state index in [1.807, 2.05) is 79.7 Å². The highest BCUT2D eigenvalue weighted by atomic mass is 16.6. The second-order valence-electron chi connectivity index (χ2n) is 6.03. The van der Waals surface area contributed by atoms with Crippen molar-refractivity contribution in [2.24, 2.45) is 0 Å². The van der Waals surface area contributed by atoms with E-state index in [1.54, 1.807) is 0 Å². The molecule has 1 aliphatic rings. The van der Waals surface area contributed by atoms with E-state index in [2.05, 4.69) is 16.7 Å². The lowest BCUT2D eigenvalue weighted by atomic mass is 10.2. The first-order chi connectivity index (χ1) is 12.3. The number of benzene rings is 3. The average molecular weight is 332 g/mol. The summed E-state index contributed by atoms with van der Waals surface area (Å²) < 4.78 is 11.6. The van der Waals surface area contributed by atoms with Gasteiger partial charge in [0.1, 0.15) is 11.5 Å². The minimum atomic E-state index is -0.0273. The van der Waals surface area contributed by atoms with E-state index in [4.69, 9.17) is 9.47 Å². The van der Waals surface area contributed by atoms with Gasteiger partial charge >= 0.3 is 0 Å². The monoisotopic (exact) mass is 332 g/mol. The molecule has 0 aromatic heterocycles. The van der Waals surface area contributed by atoms with Crippen molar-refractivity contribution >= 4 is 11.4 Å². The fraction of sp³-hybridized carbons (Fsp3) is 0.143. The zero-order valence-corrected chi connectivity index (χ0v) is 14.0. The Bertz CT molecular complexity index is 837. The Balaban J connectivity index is 1.35. The molecule has 2 unspecified atom stereocenters. The molecule has 1 fully saturated rings. The lowest BCUT2D eigenvalue weighted by Gasteiger charge is -2.11. The highest BCUT2D eigenvalue weighted by Gasteiger charge is 2.39. The van der Waals surface area contributed by atoms with E-state index in [0.29, 0.717) is 0 Å². The lowest BCUT2D eigenvalue weighted by molar-refractivity contribution is 0.395.